The van der Waals surface area contributed by atoms with Crippen molar-refractivity contribution in [2.75, 3.05) is 0 Å². The Morgan fingerprint density at radius 1 is 1.67 bits per heavy atom. The standard InChI is InChI=1S/C8H10O/c1-6-3-7-5-8(2,4-6)9-7/h3-4H,5H2,1-2H3. The largest absolute Gasteiger partial charge is 0.487 e. The van der Waals surface area contributed by atoms with Gasteiger partial charge < -0.3 is 4.74 Å². The predicted molar refractivity (Wildman–Crippen MR) is 35.9 cm³/mol. The zero-order chi connectivity index (χ0) is 6.48. The molecule has 2 bridgehead atoms. The Balaban J connectivity index is 2.38. The summed E-state index contributed by atoms with van der Waals surface area (Å²) in [5.41, 5.74) is 1.40. The average Bonchev–Trinajstić information content (AvgIpc) is 1.58. The molecule has 3 rings (SSSR count). The van der Waals surface area contributed by atoms with E-state index in [1.54, 1.807) is 0 Å². The Labute approximate surface area is 55.0 Å². The molecular formula is C8H10O. The molecule has 9 heavy (non-hydrogen) atoms. The molecule has 1 aliphatic carbocycles. The molecule has 1 saturated heterocycles. The Morgan fingerprint density at radius 3 is 2.67 bits per heavy atom. The first kappa shape index (κ1) is 5.10. The first-order valence-electron chi connectivity index (χ1n) is 3.27. The summed E-state index contributed by atoms with van der Waals surface area (Å²) in [6.07, 6.45) is 5.38. The number of fused-ring (bicyclic) bond motifs is 1. The maximum atomic E-state index is 5.42. The lowest BCUT2D eigenvalue weighted by atomic mass is 9.87. The second kappa shape index (κ2) is 1.23. The minimum absolute atomic E-state index is 0.0637. The molecule has 0 radical (unpaired) electrons. The fraction of sp³-hybridized carbons (Fsp3) is 0.500. The zero-order valence-corrected chi connectivity index (χ0v) is 5.77. The van der Waals surface area contributed by atoms with Crippen molar-refractivity contribution in [3.63, 3.8) is 0 Å². The normalized spacial score (nSPS) is 38.0. The molecule has 1 nitrogen and oxygen atoms in total. The van der Waals surface area contributed by atoms with Crippen LogP contribution in [0.4, 0.5) is 0 Å². The third-order valence-corrected chi connectivity index (χ3v) is 1.81. The molecule has 0 aromatic rings. The highest BCUT2D eigenvalue weighted by Gasteiger charge is 2.38. The van der Waals surface area contributed by atoms with E-state index in [1.807, 2.05) is 0 Å². The van der Waals surface area contributed by atoms with Crippen molar-refractivity contribution >= 4 is 0 Å². The molecule has 0 aromatic carbocycles. The molecule has 1 fully saturated rings. The molecule has 0 saturated carbocycles. The maximum Gasteiger partial charge on any atom is 0.131 e. The fourth-order valence-corrected chi connectivity index (χ4v) is 1.58. The smallest absolute Gasteiger partial charge is 0.131 e. The van der Waals surface area contributed by atoms with Crippen LogP contribution in [0.5, 0.6) is 0 Å². The molecule has 0 amide bonds. The van der Waals surface area contributed by atoms with Gasteiger partial charge in [0.1, 0.15) is 11.4 Å². The lowest BCUT2D eigenvalue weighted by Gasteiger charge is -2.42. The van der Waals surface area contributed by atoms with Crippen molar-refractivity contribution in [1.29, 1.82) is 0 Å². The molecule has 48 valence electrons. The van der Waals surface area contributed by atoms with Crippen LogP contribution in [0.15, 0.2) is 23.5 Å². The van der Waals surface area contributed by atoms with Crippen LogP contribution < -0.4 is 0 Å². The van der Waals surface area contributed by atoms with Gasteiger partial charge in [0.15, 0.2) is 0 Å². The van der Waals surface area contributed by atoms with Gasteiger partial charge in [0.2, 0.25) is 0 Å². The number of rotatable bonds is 0. The Bertz CT molecular complexity index is 203. The molecule has 1 heteroatoms. The summed E-state index contributed by atoms with van der Waals surface area (Å²) in [7, 11) is 0. The molecule has 3 aliphatic rings. The second-order valence-corrected chi connectivity index (χ2v) is 3.09. The van der Waals surface area contributed by atoms with E-state index in [4.69, 9.17) is 4.74 Å². The van der Waals surface area contributed by atoms with E-state index in [1.165, 1.54) is 5.57 Å². The van der Waals surface area contributed by atoms with E-state index in [2.05, 4.69) is 26.0 Å². The van der Waals surface area contributed by atoms with Crippen LogP contribution in [-0.2, 0) is 4.74 Å². The van der Waals surface area contributed by atoms with Crippen molar-refractivity contribution in [3.8, 4) is 0 Å². The SMILES string of the molecule is CC1=CC2(C)CC(=C1)O2. The number of hydrogen-bond donors (Lipinski definition) is 0. The van der Waals surface area contributed by atoms with Gasteiger partial charge in [0.05, 0.1) is 0 Å². The van der Waals surface area contributed by atoms with Gasteiger partial charge in [0, 0.05) is 6.42 Å². The fourth-order valence-electron chi connectivity index (χ4n) is 1.58. The monoisotopic (exact) mass is 122 g/mol. The lowest BCUT2D eigenvalue weighted by Crippen LogP contribution is -2.39. The summed E-state index contributed by atoms with van der Waals surface area (Å²) in [4.78, 5) is 0. The number of allylic oxidation sites excluding steroid dienone is 2. The molecule has 0 aromatic heterocycles. The second-order valence-electron chi connectivity index (χ2n) is 3.09. The third kappa shape index (κ3) is 0.607. The highest BCUT2D eigenvalue weighted by atomic mass is 16.5. The van der Waals surface area contributed by atoms with Crippen molar-refractivity contribution < 1.29 is 4.74 Å². The first-order valence-corrected chi connectivity index (χ1v) is 3.27. The molecule has 0 N–H and O–H groups in total. The molecule has 1 unspecified atom stereocenters. The summed E-state index contributed by atoms with van der Waals surface area (Å²) >= 11 is 0. The van der Waals surface area contributed by atoms with Gasteiger partial charge in [-0.15, -0.1) is 0 Å². The highest BCUT2D eigenvalue weighted by molar-refractivity contribution is 5.35. The highest BCUT2D eigenvalue weighted by Crippen LogP contribution is 2.41. The van der Waals surface area contributed by atoms with Crippen molar-refractivity contribution in [3.05, 3.63) is 23.5 Å². The predicted octanol–water partition coefficient (Wildman–Crippen LogP) is 2.01. The summed E-state index contributed by atoms with van der Waals surface area (Å²) < 4.78 is 5.42. The van der Waals surface area contributed by atoms with Crippen LogP contribution in [0, 0.1) is 0 Å². The molecule has 0 spiro atoms. The van der Waals surface area contributed by atoms with Gasteiger partial charge in [-0.2, -0.15) is 0 Å². The third-order valence-electron chi connectivity index (χ3n) is 1.81. The lowest BCUT2D eigenvalue weighted by molar-refractivity contribution is -0.0374. The quantitative estimate of drug-likeness (QED) is 0.477. The molecule has 2 aliphatic heterocycles. The minimum Gasteiger partial charge on any atom is -0.487 e. The average molecular weight is 122 g/mol. The van der Waals surface area contributed by atoms with E-state index < -0.39 is 0 Å². The Morgan fingerprint density at radius 2 is 2.33 bits per heavy atom. The first-order chi connectivity index (χ1) is 4.18. The Hall–Kier alpha value is -0.720. The van der Waals surface area contributed by atoms with Crippen LogP contribution in [0.25, 0.3) is 0 Å². The van der Waals surface area contributed by atoms with Crippen LogP contribution in [0.1, 0.15) is 20.3 Å². The topological polar surface area (TPSA) is 9.23 Å². The summed E-state index contributed by atoms with van der Waals surface area (Å²) in [6, 6.07) is 0. The number of hydrogen-bond acceptors (Lipinski definition) is 1. The van der Waals surface area contributed by atoms with Crippen molar-refractivity contribution in [2.45, 2.75) is 25.9 Å². The van der Waals surface area contributed by atoms with E-state index in [0.29, 0.717) is 0 Å². The summed E-state index contributed by atoms with van der Waals surface area (Å²) in [6.45, 7) is 4.23. The van der Waals surface area contributed by atoms with Gasteiger partial charge in [-0.1, -0.05) is 0 Å². The summed E-state index contributed by atoms with van der Waals surface area (Å²) in [5, 5.41) is 0. The Kier molecular flexibility index (Phi) is 0.696. The maximum absolute atomic E-state index is 5.42. The molecule has 1 atom stereocenters. The molecular weight excluding hydrogens is 112 g/mol. The number of ether oxygens (including phenoxy) is 1. The van der Waals surface area contributed by atoms with Gasteiger partial charge in [-0.25, -0.2) is 0 Å². The minimum atomic E-state index is 0.0637. The van der Waals surface area contributed by atoms with Crippen molar-refractivity contribution in [2.24, 2.45) is 0 Å². The van der Waals surface area contributed by atoms with E-state index in [-0.39, 0.29) is 5.60 Å². The van der Waals surface area contributed by atoms with Crippen LogP contribution in [0.3, 0.4) is 0 Å². The van der Waals surface area contributed by atoms with Crippen LogP contribution in [0.2, 0.25) is 0 Å². The molecule has 2 heterocycles. The van der Waals surface area contributed by atoms with Crippen LogP contribution >= 0.6 is 0 Å². The van der Waals surface area contributed by atoms with Gasteiger partial charge in [-0.05, 0) is 31.6 Å². The summed E-state index contributed by atoms with van der Waals surface area (Å²) in [5.74, 6) is 1.15. The van der Waals surface area contributed by atoms with Gasteiger partial charge in [0.25, 0.3) is 0 Å². The van der Waals surface area contributed by atoms with Gasteiger partial charge in [-0.3, -0.25) is 0 Å². The van der Waals surface area contributed by atoms with E-state index in [0.717, 1.165) is 12.2 Å². The van der Waals surface area contributed by atoms with Crippen molar-refractivity contribution in [1.82, 2.24) is 0 Å². The van der Waals surface area contributed by atoms with E-state index in [9.17, 15) is 0 Å². The zero-order valence-electron chi connectivity index (χ0n) is 5.77. The van der Waals surface area contributed by atoms with Crippen LogP contribution in [-0.4, -0.2) is 5.60 Å². The van der Waals surface area contributed by atoms with E-state index >= 15 is 0 Å². The van der Waals surface area contributed by atoms with Gasteiger partial charge >= 0.3 is 0 Å².